The minimum Gasteiger partial charge on any atom is -0.317 e. The molecule has 0 radical (unpaired) electrons. The van der Waals surface area contributed by atoms with Crippen molar-refractivity contribution in [2.45, 2.75) is 51.9 Å². The molecule has 18 heavy (non-hydrogen) atoms. The second-order valence-corrected chi connectivity index (χ2v) is 7.05. The molecule has 104 valence electrons. The van der Waals surface area contributed by atoms with Crippen LogP contribution in [0.15, 0.2) is 0 Å². The highest BCUT2D eigenvalue weighted by Gasteiger charge is 2.53. The Bertz CT molecular complexity index is 262. The van der Waals surface area contributed by atoms with Gasteiger partial charge in [-0.25, -0.2) is 0 Å². The van der Waals surface area contributed by atoms with Gasteiger partial charge in [-0.1, -0.05) is 19.8 Å². The molecule has 2 aliphatic heterocycles. The van der Waals surface area contributed by atoms with Gasteiger partial charge in [0.15, 0.2) is 0 Å². The minimum absolute atomic E-state index is 0.783. The van der Waals surface area contributed by atoms with Crippen LogP contribution in [0.3, 0.4) is 0 Å². The first kappa shape index (κ1) is 12.9. The van der Waals surface area contributed by atoms with E-state index >= 15 is 0 Å². The van der Waals surface area contributed by atoms with Gasteiger partial charge in [-0.2, -0.15) is 0 Å². The highest BCUT2D eigenvalue weighted by Crippen LogP contribution is 2.58. The maximum Gasteiger partial charge on any atom is 0.00152 e. The summed E-state index contributed by atoms with van der Waals surface area (Å²) in [6, 6.07) is 0. The summed E-state index contributed by atoms with van der Waals surface area (Å²) in [7, 11) is 0. The van der Waals surface area contributed by atoms with E-state index in [9.17, 15) is 0 Å². The predicted octanol–water partition coefficient (Wildman–Crippen LogP) is 2.89. The average molecular weight is 250 g/mol. The van der Waals surface area contributed by atoms with Gasteiger partial charge in [-0.15, -0.1) is 0 Å². The SMILES string of the molecule is CCCC1CCN(CC2CC23CCNCC3)CC1. The van der Waals surface area contributed by atoms with E-state index in [0.29, 0.717) is 0 Å². The number of likely N-dealkylation sites (tertiary alicyclic amines) is 1. The molecular formula is C16H30N2. The van der Waals surface area contributed by atoms with E-state index in [1.165, 1.54) is 77.7 Å². The Labute approximate surface area is 113 Å². The molecule has 1 unspecified atom stereocenters. The summed E-state index contributed by atoms with van der Waals surface area (Å²) in [5.41, 5.74) is 0.783. The molecule has 3 aliphatic rings. The van der Waals surface area contributed by atoms with Crippen LogP contribution < -0.4 is 5.32 Å². The van der Waals surface area contributed by atoms with Crippen molar-refractivity contribution in [3.8, 4) is 0 Å². The van der Waals surface area contributed by atoms with E-state index in [-0.39, 0.29) is 0 Å². The van der Waals surface area contributed by atoms with Gasteiger partial charge in [0.2, 0.25) is 0 Å². The number of hydrogen-bond donors (Lipinski definition) is 1. The van der Waals surface area contributed by atoms with Crippen molar-refractivity contribution in [2.75, 3.05) is 32.7 Å². The van der Waals surface area contributed by atoms with Crippen molar-refractivity contribution in [1.82, 2.24) is 10.2 Å². The van der Waals surface area contributed by atoms with Crippen LogP contribution in [0.1, 0.15) is 51.9 Å². The quantitative estimate of drug-likeness (QED) is 0.825. The van der Waals surface area contributed by atoms with Crippen LogP contribution in [0.4, 0.5) is 0 Å². The van der Waals surface area contributed by atoms with E-state index in [4.69, 9.17) is 0 Å². The summed E-state index contributed by atoms with van der Waals surface area (Å²) in [4.78, 5) is 2.77. The highest BCUT2D eigenvalue weighted by molar-refractivity contribution is 5.05. The van der Waals surface area contributed by atoms with E-state index < -0.39 is 0 Å². The summed E-state index contributed by atoms with van der Waals surface area (Å²) >= 11 is 0. The van der Waals surface area contributed by atoms with Crippen molar-refractivity contribution in [2.24, 2.45) is 17.3 Å². The van der Waals surface area contributed by atoms with E-state index in [1.807, 2.05) is 0 Å². The normalized spacial score (nSPS) is 32.8. The minimum atomic E-state index is 0.783. The van der Waals surface area contributed by atoms with Gasteiger partial charge in [0.1, 0.15) is 0 Å². The van der Waals surface area contributed by atoms with E-state index in [1.54, 1.807) is 0 Å². The van der Waals surface area contributed by atoms with Crippen LogP contribution in [0.5, 0.6) is 0 Å². The van der Waals surface area contributed by atoms with Crippen molar-refractivity contribution in [1.29, 1.82) is 0 Å². The first-order valence-corrected chi connectivity index (χ1v) is 8.25. The lowest BCUT2D eigenvalue weighted by Gasteiger charge is -2.33. The Hall–Kier alpha value is -0.0800. The summed E-state index contributed by atoms with van der Waals surface area (Å²) in [6.07, 6.45) is 10.2. The third-order valence-corrected chi connectivity index (χ3v) is 5.84. The first-order valence-electron chi connectivity index (χ1n) is 8.25. The number of nitrogens with one attached hydrogen (secondary N) is 1. The van der Waals surface area contributed by atoms with Gasteiger partial charge in [-0.3, -0.25) is 0 Å². The van der Waals surface area contributed by atoms with Crippen LogP contribution in [0, 0.1) is 17.3 Å². The molecule has 0 aromatic carbocycles. The lowest BCUT2D eigenvalue weighted by Crippen LogP contribution is -2.37. The molecule has 1 saturated carbocycles. The Kier molecular flexibility index (Phi) is 3.95. The summed E-state index contributed by atoms with van der Waals surface area (Å²) < 4.78 is 0. The fraction of sp³-hybridized carbons (Fsp3) is 1.00. The third-order valence-electron chi connectivity index (χ3n) is 5.84. The van der Waals surface area contributed by atoms with Crippen LogP contribution in [0.25, 0.3) is 0 Å². The number of hydrogen-bond acceptors (Lipinski definition) is 2. The molecule has 0 amide bonds. The summed E-state index contributed by atoms with van der Waals surface area (Å²) in [5.74, 6) is 2.08. The third kappa shape index (κ3) is 2.75. The molecule has 0 aromatic heterocycles. The maximum absolute atomic E-state index is 3.51. The predicted molar refractivity (Wildman–Crippen MR) is 76.7 cm³/mol. The lowest BCUT2D eigenvalue weighted by atomic mass is 9.90. The van der Waals surface area contributed by atoms with Crippen molar-refractivity contribution >= 4 is 0 Å². The zero-order valence-electron chi connectivity index (χ0n) is 12.1. The molecule has 1 N–H and O–H groups in total. The number of piperidine rings is 2. The van der Waals surface area contributed by atoms with E-state index in [0.717, 1.165) is 17.3 Å². The maximum atomic E-state index is 3.51. The molecule has 1 aliphatic carbocycles. The van der Waals surface area contributed by atoms with Gasteiger partial charge in [0.25, 0.3) is 0 Å². The molecule has 3 fully saturated rings. The molecule has 2 heterocycles. The van der Waals surface area contributed by atoms with Crippen molar-refractivity contribution < 1.29 is 0 Å². The molecular weight excluding hydrogens is 220 g/mol. The van der Waals surface area contributed by atoms with Crippen molar-refractivity contribution in [3.63, 3.8) is 0 Å². The van der Waals surface area contributed by atoms with Crippen LogP contribution in [0.2, 0.25) is 0 Å². The van der Waals surface area contributed by atoms with Gasteiger partial charge in [-0.05, 0) is 75.5 Å². The monoisotopic (exact) mass is 250 g/mol. The average Bonchev–Trinajstić information content (AvgIpc) is 3.05. The molecule has 0 bridgehead atoms. The number of rotatable bonds is 4. The highest BCUT2D eigenvalue weighted by atomic mass is 15.1. The summed E-state index contributed by atoms with van der Waals surface area (Å²) in [5, 5.41) is 3.51. The lowest BCUT2D eigenvalue weighted by molar-refractivity contribution is 0.160. The van der Waals surface area contributed by atoms with Gasteiger partial charge < -0.3 is 10.2 Å². The molecule has 2 heteroatoms. The zero-order chi connectivity index (χ0) is 12.4. The Balaban J connectivity index is 1.40. The Morgan fingerprint density at radius 2 is 1.89 bits per heavy atom. The van der Waals surface area contributed by atoms with E-state index in [2.05, 4.69) is 17.1 Å². The first-order chi connectivity index (χ1) is 8.82. The second-order valence-electron chi connectivity index (χ2n) is 7.05. The van der Waals surface area contributed by atoms with Gasteiger partial charge in [0, 0.05) is 6.54 Å². The Morgan fingerprint density at radius 1 is 1.17 bits per heavy atom. The van der Waals surface area contributed by atoms with Crippen molar-refractivity contribution in [3.05, 3.63) is 0 Å². The largest absolute Gasteiger partial charge is 0.317 e. The van der Waals surface area contributed by atoms with Gasteiger partial charge in [0.05, 0.1) is 0 Å². The van der Waals surface area contributed by atoms with Gasteiger partial charge >= 0.3 is 0 Å². The Morgan fingerprint density at radius 3 is 2.56 bits per heavy atom. The second kappa shape index (κ2) is 5.50. The number of nitrogens with zero attached hydrogens (tertiary/aromatic N) is 1. The smallest absolute Gasteiger partial charge is 0.00152 e. The molecule has 1 atom stereocenters. The molecule has 3 rings (SSSR count). The fourth-order valence-electron chi connectivity index (χ4n) is 4.40. The van der Waals surface area contributed by atoms with Crippen LogP contribution in [-0.4, -0.2) is 37.6 Å². The molecule has 2 nitrogen and oxygen atoms in total. The zero-order valence-corrected chi connectivity index (χ0v) is 12.1. The molecule has 2 saturated heterocycles. The standard InChI is InChI=1S/C16H30N2/c1-2-3-14-4-10-18(11-5-14)13-15-12-16(15)6-8-17-9-7-16/h14-15,17H,2-13H2,1H3. The fourth-order valence-corrected chi connectivity index (χ4v) is 4.40. The van der Waals surface area contributed by atoms with Crippen LogP contribution >= 0.6 is 0 Å². The molecule has 0 aromatic rings. The molecule has 1 spiro atoms. The topological polar surface area (TPSA) is 15.3 Å². The summed E-state index contributed by atoms with van der Waals surface area (Å²) in [6.45, 7) is 9.06. The van der Waals surface area contributed by atoms with Crippen LogP contribution in [-0.2, 0) is 0 Å².